The van der Waals surface area contributed by atoms with E-state index < -0.39 is 11.9 Å². The molecule has 1 N–H and O–H groups in total. The second-order valence-corrected chi connectivity index (χ2v) is 7.44. The van der Waals surface area contributed by atoms with Crippen LogP contribution >= 0.6 is 0 Å². The maximum atomic E-state index is 10.1. The zero-order valence-corrected chi connectivity index (χ0v) is 16.4. The largest absolute Gasteiger partial charge is 0.389 e. The minimum atomic E-state index is -0.637. The summed E-state index contributed by atoms with van der Waals surface area (Å²) < 4.78 is 17.7. The lowest BCUT2D eigenvalue weighted by atomic mass is 10.1. The molecule has 0 aromatic heterocycles. The van der Waals surface area contributed by atoms with Crippen molar-refractivity contribution in [2.45, 2.75) is 83.6 Å². The van der Waals surface area contributed by atoms with E-state index in [1.165, 1.54) is 19.3 Å². The van der Waals surface area contributed by atoms with Crippen molar-refractivity contribution in [3.8, 4) is 0 Å². The van der Waals surface area contributed by atoms with E-state index in [1.54, 1.807) is 0 Å². The Morgan fingerprint density at radius 1 is 1.15 bits per heavy atom. The van der Waals surface area contributed by atoms with E-state index in [1.807, 2.05) is 56.3 Å². The molecule has 146 valence electrons. The molecule has 0 spiro atoms. The fraction of sp³-hybridized carbons (Fsp3) is 0.636. The summed E-state index contributed by atoms with van der Waals surface area (Å²) in [5, 5.41) is 10.1. The number of benzene rings is 1. The Morgan fingerprint density at radius 3 is 2.65 bits per heavy atom. The van der Waals surface area contributed by atoms with Crippen molar-refractivity contribution >= 4 is 0 Å². The molecule has 1 unspecified atom stereocenters. The van der Waals surface area contributed by atoms with Crippen LogP contribution < -0.4 is 0 Å². The van der Waals surface area contributed by atoms with Gasteiger partial charge in [-0.25, -0.2) is 0 Å². The van der Waals surface area contributed by atoms with E-state index >= 15 is 0 Å². The third-order valence-electron chi connectivity index (χ3n) is 4.49. The highest BCUT2D eigenvalue weighted by Crippen LogP contribution is 2.29. The van der Waals surface area contributed by atoms with Gasteiger partial charge >= 0.3 is 0 Å². The summed E-state index contributed by atoms with van der Waals surface area (Å²) in [5.41, 5.74) is 1.14. The first-order valence-electron chi connectivity index (χ1n) is 9.84. The molecule has 0 radical (unpaired) electrons. The van der Waals surface area contributed by atoms with Gasteiger partial charge in [0.15, 0.2) is 5.79 Å². The average molecular weight is 363 g/mol. The number of hydrogen-bond donors (Lipinski definition) is 1. The van der Waals surface area contributed by atoms with E-state index in [9.17, 15) is 5.11 Å². The van der Waals surface area contributed by atoms with Gasteiger partial charge in [0.25, 0.3) is 0 Å². The van der Waals surface area contributed by atoms with Gasteiger partial charge in [-0.05, 0) is 25.8 Å². The first-order chi connectivity index (χ1) is 12.5. The number of rotatable bonds is 11. The molecule has 1 heterocycles. The van der Waals surface area contributed by atoms with Gasteiger partial charge < -0.3 is 19.3 Å². The molecule has 1 saturated heterocycles. The van der Waals surface area contributed by atoms with Crippen LogP contribution in [0, 0.1) is 0 Å². The first kappa shape index (κ1) is 21.1. The van der Waals surface area contributed by atoms with Gasteiger partial charge in [0.2, 0.25) is 0 Å². The molecule has 1 aliphatic heterocycles. The normalized spacial score (nSPS) is 23.5. The topological polar surface area (TPSA) is 47.9 Å². The van der Waals surface area contributed by atoms with Crippen LogP contribution in [0.15, 0.2) is 42.5 Å². The Kier molecular flexibility index (Phi) is 8.79. The monoisotopic (exact) mass is 362 g/mol. The maximum Gasteiger partial charge on any atom is 0.164 e. The molecule has 1 aliphatic rings. The molecule has 2 rings (SSSR count). The van der Waals surface area contributed by atoms with Gasteiger partial charge in [0.1, 0.15) is 12.2 Å². The number of aliphatic hydroxyl groups excluding tert-OH is 1. The van der Waals surface area contributed by atoms with Gasteiger partial charge in [-0.15, -0.1) is 0 Å². The summed E-state index contributed by atoms with van der Waals surface area (Å²) in [6.45, 7) is 7.02. The standard InChI is InChI=1S/C22H34O4/c1-4-5-6-10-13-19(23)14-15-20-21(26-22(2,3)25-20)17-24-16-18-11-8-7-9-12-18/h7-9,11-12,14-15,19-21,23H,4-6,10,13,16-17H2,1-3H3/b15-14+/t19-,20-,21?/m0/s1. The van der Waals surface area contributed by atoms with Crippen molar-refractivity contribution < 1.29 is 19.3 Å². The van der Waals surface area contributed by atoms with Gasteiger partial charge in [-0.2, -0.15) is 0 Å². The second-order valence-electron chi connectivity index (χ2n) is 7.44. The molecule has 3 atom stereocenters. The Bertz CT molecular complexity index is 526. The lowest BCUT2D eigenvalue weighted by Crippen LogP contribution is -2.26. The highest BCUT2D eigenvalue weighted by molar-refractivity contribution is 5.13. The summed E-state index contributed by atoms with van der Waals surface area (Å²) in [5.74, 6) is -0.637. The summed E-state index contributed by atoms with van der Waals surface area (Å²) in [4.78, 5) is 0. The zero-order valence-electron chi connectivity index (χ0n) is 16.4. The third kappa shape index (κ3) is 7.58. The molecule has 0 saturated carbocycles. The fourth-order valence-corrected chi connectivity index (χ4v) is 3.14. The smallest absolute Gasteiger partial charge is 0.164 e. The summed E-state index contributed by atoms with van der Waals surface area (Å²) in [6.07, 6.45) is 8.42. The van der Waals surface area contributed by atoms with Gasteiger partial charge in [-0.3, -0.25) is 0 Å². The number of unbranched alkanes of at least 4 members (excludes halogenated alkanes) is 3. The zero-order chi connectivity index (χ0) is 18.8. The molecular weight excluding hydrogens is 328 g/mol. The van der Waals surface area contributed by atoms with Gasteiger partial charge in [-0.1, -0.05) is 75.1 Å². The second kappa shape index (κ2) is 10.8. The average Bonchev–Trinajstić information content (AvgIpc) is 2.92. The molecule has 0 amide bonds. The van der Waals surface area contributed by atoms with Crippen molar-refractivity contribution in [3.05, 3.63) is 48.0 Å². The maximum absolute atomic E-state index is 10.1. The van der Waals surface area contributed by atoms with E-state index in [2.05, 4.69) is 6.92 Å². The molecule has 1 aromatic carbocycles. The van der Waals surface area contributed by atoms with Crippen molar-refractivity contribution in [2.24, 2.45) is 0 Å². The van der Waals surface area contributed by atoms with Crippen LogP contribution in [0.1, 0.15) is 58.4 Å². The van der Waals surface area contributed by atoms with E-state index in [0.717, 1.165) is 18.4 Å². The highest BCUT2D eigenvalue weighted by Gasteiger charge is 2.40. The molecule has 4 heteroatoms. The quantitative estimate of drug-likeness (QED) is 0.461. The minimum Gasteiger partial charge on any atom is -0.389 e. The van der Waals surface area contributed by atoms with Crippen molar-refractivity contribution in [1.29, 1.82) is 0 Å². The Labute approximate surface area is 158 Å². The van der Waals surface area contributed by atoms with Crippen LogP contribution in [0.5, 0.6) is 0 Å². The predicted molar refractivity (Wildman–Crippen MR) is 104 cm³/mol. The van der Waals surface area contributed by atoms with Gasteiger partial charge in [0.05, 0.1) is 19.3 Å². The van der Waals surface area contributed by atoms with Crippen molar-refractivity contribution in [3.63, 3.8) is 0 Å². The molecular formula is C22H34O4. The van der Waals surface area contributed by atoms with Crippen LogP contribution in [-0.2, 0) is 20.8 Å². The molecule has 1 aromatic rings. The molecule has 26 heavy (non-hydrogen) atoms. The van der Waals surface area contributed by atoms with E-state index in [0.29, 0.717) is 13.2 Å². The van der Waals surface area contributed by atoms with Crippen LogP contribution in [0.3, 0.4) is 0 Å². The van der Waals surface area contributed by atoms with Crippen LogP contribution in [0.2, 0.25) is 0 Å². The lowest BCUT2D eigenvalue weighted by Gasteiger charge is -2.16. The Balaban J connectivity index is 1.79. The first-order valence-corrected chi connectivity index (χ1v) is 9.84. The number of hydrogen-bond acceptors (Lipinski definition) is 4. The predicted octanol–water partition coefficient (Wildman–Crippen LogP) is 4.61. The SMILES string of the molecule is CCCCCC[C@H](O)/C=C/[C@@H]1OC(C)(C)OC1COCc1ccccc1. The highest BCUT2D eigenvalue weighted by atomic mass is 16.8. The van der Waals surface area contributed by atoms with E-state index in [-0.39, 0.29) is 12.2 Å². The lowest BCUT2D eigenvalue weighted by molar-refractivity contribution is -0.148. The fourth-order valence-electron chi connectivity index (χ4n) is 3.14. The molecule has 0 bridgehead atoms. The van der Waals surface area contributed by atoms with Crippen LogP contribution in [0.4, 0.5) is 0 Å². The molecule has 0 aliphatic carbocycles. The number of aliphatic hydroxyl groups is 1. The molecule has 4 nitrogen and oxygen atoms in total. The van der Waals surface area contributed by atoms with E-state index in [4.69, 9.17) is 14.2 Å². The van der Waals surface area contributed by atoms with Crippen LogP contribution in [-0.4, -0.2) is 35.8 Å². The van der Waals surface area contributed by atoms with Gasteiger partial charge in [0, 0.05) is 0 Å². The van der Waals surface area contributed by atoms with Crippen molar-refractivity contribution in [2.75, 3.05) is 6.61 Å². The molecule has 1 fully saturated rings. The van der Waals surface area contributed by atoms with Crippen LogP contribution in [0.25, 0.3) is 0 Å². The van der Waals surface area contributed by atoms with Crippen molar-refractivity contribution in [1.82, 2.24) is 0 Å². The Morgan fingerprint density at radius 2 is 1.92 bits per heavy atom. The third-order valence-corrected chi connectivity index (χ3v) is 4.49. The minimum absolute atomic E-state index is 0.169. The summed E-state index contributed by atoms with van der Waals surface area (Å²) in [6, 6.07) is 10.1. The summed E-state index contributed by atoms with van der Waals surface area (Å²) in [7, 11) is 0. The number of ether oxygens (including phenoxy) is 3. The Hall–Kier alpha value is -1.20. The summed E-state index contributed by atoms with van der Waals surface area (Å²) >= 11 is 0.